The van der Waals surface area contributed by atoms with Gasteiger partial charge in [0.1, 0.15) is 0 Å². The van der Waals surface area contributed by atoms with Crippen molar-refractivity contribution in [1.29, 1.82) is 0 Å². The van der Waals surface area contributed by atoms with E-state index >= 15 is 0 Å². The molecular weight excluding hydrogens is 174 g/mol. The standard InChI is InChI=1S/C12H15NO/c1-2-11-12(13-11)9-14-8-10-6-4-3-5-7-10/h2-7,11-13H,1,8-9H2/t11-,12+/m1/s1. The summed E-state index contributed by atoms with van der Waals surface area (Å²) in [6.07, 6.45) is 1.93. The van der Waals surface area contributed by atoms with E-state index in [0.717, 1.165) is 6.61 Å². The summed E-state index contributed by atoms with van der Waals surface area (Å²) < 4.78 is 5.57. The SMILES string of the molecule is C=C[C@H]1N[C@H]1COCc1ccccc1. The van der Waals surface area contributed by atoms with Gasteiger partial charge < -0.3 is 10.1 Å². The smallest absolute Gasteiger partial charge is 0.0717 e. The van der Waals surface area contributed by atoms with Gasteiger partial charge in [-0.15, -0.1) is 6.58 Å². The van der Waals surface area contributed by atoms with Crippen LogP contribution >= 0.6 is 0 Å². The lowest BCUT2D eigenvalue weighted by Gasteiger charge is -2.01. The Kier molecular flexibility index (Phi) is 2.96. The molecule has 2 heteroatoms. The molecule has 1 aliphatic heterocycles. The lowest BCUT2D eigenvalue weighted by molar-refractivity contribution is 0.122. The van der Waals surface area contributed by atoms with Crippen LogP contribution in [0.3, 0.4) is 0 Å². The third-order valence-electron chi connectivity index (χ3n) is 2.39. The van der Waals surface area contributed by atoms with Gasteiger partial charge >= 0.3 is 0 Å². The maximum absolute atomic E-state index is 5.57. The van der Waals surface area contributed by atoms with E-state index in [4.69, 9.17) is 4.74 Å². The monoisotopic (exact) mass is 189 g/mol. The quantitative estimate of drug-likeness (QED) is 0.565. The summed E-state index contributed by atoms with van der Waals surface area (Å²) in [5.41, 5.74) is 1.23. The van der Waals surface area contributed by atoms with Crippen LogP contribution in [0, 0.1) is 0 Å². The second kappa shape index (κ2) is 4.40. The molecule has 0 aromatic heterocycles. The van der Waals surface area contributed by atoms with E-state index < -0.39 is 0 Å². The molecule has 1 fully saturated rings. The molecule has 2 atom stereocenters. The van der Waals surface area contributed by atoms with Crippen molar-refractivity contribution in [1.82, 2.24) is 5.32 Å². The van der Waals surface area contributed by atoms with Crippen LogP contribution in [0.15, 0.2) is 43.0 Å². The van der Waals surface area contributed by atoms with E-state index in [0.29, 0.717) is 18.7 Å². The molecule has 0 amide bonds. The minimum atomic E-state index is 0.464. The number of ether oxygens (including phenoxy) is 1. The lowest BCUT2D eigenvalue weighted by Crippen LogP contribution is -2.05. The molecule has 0 unspecified atom stereocenters. The predicted octanol–water partition coefficient (Wildman–Crippen LogP) is 1.73. The Morgan fingerprint density at radius 1 is 1.36 bits per heavy atom. The van der Waals surface area contributed by atoms with Crippen LogP contribution in [0.4, 0.5) is 0 Å². The lowest BCUT2D eigenvalue weighted by atomic mass is 10.2. The van der Waals surface area contributed by atoms with Crippen molar-refractivity contribution >= 4 is 0 Å². The highest BCUT2D eigenvalue weighted by molar-refractivity contribution is 5.13. The van der Waals surface area contributed by atoms with Gasteiger partial charge in [0.25, 0.3) is 0 Å². The molecule has 74 valence electrons. The van der Waals surface area contributed by atoms with Crippen LogP contribution in [0.25, 0.3) is 0 Å². The van der Waals surface area contributed by atoms with E-state index in [1.165, 1.54) is 5.56 Å². The number of hydrogen-bond donors (Lipinski definition) is 1. The summed E-state index contributed by atoms with van der Waals surface area (Å²) in [6.45, 7) is 5.19. The molecule has 2 rings (SSSR count). The van der Waals surface area contributed by atoms with Gasteiger partial charge in [-0.25, -0.2) is 0 Å². The van der Waals surface area contributed by atoms with Gasteiger partial charge in [0.15, 0.2) is 0 Å². The average Bonchev–Trinajstić information content (AvgIpc) is 2.98. The molecule has 1 aromatic rings. The van der Waals surface area contributed by atoms with Gasteiger partial charge in [0.2, 0.25) is 0 Å². The summed E-state index contributed by atoms with van der Waals surface area (Å²) in [5.74, 6) is 0. The summed E-state index contributed by atoms with van der Waals surface area (Å²) in [4.78, 5) is 0. The summed E-state index contributed by atoms with van der Waals surface area (Å²) in [5, 5.41) is 3.26. The zero-order chi connectivity index (χ0) is 9.80. The zero-order valence-corrected chi connectivity index (χ0v) is 8.15. The van der Waals surface area contributed by atoms with E-state index in [1.807, 2.05) is 24.3 Å². The normalized spacial score (nSPS) is 24.6. The first-order chi connectivity index (χ1) is 6.90. The zero-order valence-electron chi connectivity index (χ0n) is 8.15. The van der Waals surface area contributed by atoms with Crippen LogP contribution in [0.1, 0.15) is 5.56 Å². The number of rotatable bonds is 5. The maximum atomic E-state index is 5.57. The van der Waals surface area contributed by atoms with Gasteiger partial charge in [0, 0.05) is 12.1 Å². The van der Waals surface area contributed by atoms with Gasteiger partial charge in [-0.2, -0.15) is 0 Å². The molecule has 0 spiro atoms. The minimum Gasteiger partial charge on any atom is -0.375 e. The molecule has 0 bridgehead atoms. The van der Waals surface area contributed by atoms with Crippen molar-refractivity contribution in [3.8, 4) is 0 Å². The Morgan fingerprint density at radius 2 is 2.14 bits per heavy atom. The van der Waals surface area contributed by atoms with Crippen molar-refractivity contribution in [2.45, 2.75) is 18.7 Å². The highest BCUT2D eigenvalue weighted by Gasteiger charge is 2.32. The Morgan fingerprint density at radius 3 is 2.79 bits per heavy atom. The molecular formula is C12H15NO. The van der Waals surface area contributed by atoms with E-state index in [1.54, 1.807) is 0 Å². The summed E-state index contributed by atoms with van der Waals surface area (Å²) in [6, 6.07) is 11.2. The maximum Gasteiger partial charge on any atom is 0.0717 e. The molecule has 0 radical (unpaired) electrons. The molecule has 1 saturated heterocycles. The Balaban J connectivity index is 1.67. The molecule has 1 aliphatic rings. The summed E-state index contributed by atoms with van der Waals surface area (Å²) in [7, 11) is 0. The van der Waals surface area contributed by atoms with Crippen LogP contribution in [0.5, 0.6) is 0 Å². The number of hydrogen-bond acceptors (Lipinski definition) is 2. The van der Waals surface area contributed by atoms with E-state index in [9.17, 15) is 0 Å². The first-order valence-electron chi connectivity index (χ1n) is 4.90. The third-order valence-corrected chi connectivity index (χ3v) is 2.39. The van der Waals surface area contributed by atoms with Crippen molar-refractivity contribution < 1.29 is 4.74 Å². The summed E-state index contributed by atoms with van der Waals surface area (Å²) >= 11 is 0. The topological polar surface area (TPSA) is 31.2 Å². The van der Waals surface area contributed by atoms with Gasteiger partial charge in [-0.05, 0) is 5.56 Å². The number of nitrogens with one attached hydrogen (secondary N) is 1. The van der Waals surface area contributed by atoms with Crippen molar-refractivity contribution in [3.63, 3.8) is 0 Å². The number of benzene rings is 1. The molecule has 0 aliphatic carbocycles. The fourth-order valence-corrected chi connectivity index (χ4v) is 1.45. The van der Waals surface area contributed by atoms with Gasteiger partial charge in [-0.3, -0.25) is 0 Å². The second-order valence-electron chi connectivity index (χ2n) is 3.54. The highest BCUT2D eigenvalue weighted by atomic mass is 16.5. The Bertz CT molecular complexity index is 296. The Hall–Kier alpha value is -1.12. The minimum absolute atomic E-state index is 0.464. The third kappa shape index (κ3) is 2.44. The van der Waals surface area contributed by atoms with Gasteiger partial charge in [0.05, 0.1) is 13.2 Å². The first-order valence-corrected chi connectivity index (χ1v) is 4.90. The van der Waals surface area contributed by atoms with E-state index in [-0.39, 0.29) is 0 Å². The highest BCUT2D eigenvalue weighted by Crippen LogP contribution is 2.12. The van der Waals surface area contributed by atoms with Crippen LogP contribution in [-0.4, -0.2) is 18.7 Å². The largest absolute Gasteiger partial charge is 0.375 e. The predicted molar refractivity (Wildman–Crippen MR) is 57.0 cm³/mol. The fourth-order valence-electron chi connectivity index (χ4n) is 1.45. The molecule has 0 saturated carbocycles. The average molecular weight is 189 g/mol. The van der Waals surface area contributed by atoms with Crippen molar-refractivity contribution in [2.75, 3.05) is 6.61 Å². The van der Waals surface area contributed by atoms with Crippen LogP contribution in [0.2, 0.25) is 0 Å². The molecule has 1 heterocycles. The second-order valence-corrected chi connectivity index (χ2v) is 3.54. The van der Waals surface area contributed by atoms with Gasteiger partial charge in [-0.1, -0.05) is 36.4 Å². The van der Waals surface area contributed by atoms with Crippen LogP contribution < -0.4 is 5.32 Å². The molecule has 1 aromatic carbocycles. The Labute approximate surface area is 84.6 Å². The fraction of sp³-hybridized carbons (Fsp3) is 0.333. The first kappa shape index (κ1) is 9.44. The molecule has 1 N–H and O–H groups in total. The van der Waals surface area contributed by atoms with Crippen LogP contribution in [-0.2, 0) is 11.3 Å². The molecule has 14 heavy (non-hydrogen) atoms. The van der Waals surface area contributed by atoms with E-state index in [2.05, 4.69) is 24.0 Å². The van der Waals surface area contributed by atoms with Crippen molar-refractivity contribution in [2.24, 2.45) is 0 Å². The van der Waals surface area contributed by atoms with Crippen molar-refractivity contribution in [3.05, 3.63) is 48.6 Å². The molecule has 2 nitrogen and oxygen atoms in total.